The standard InChI is InChI=1S/C18H15F6N5O2/c19-17(20,21)13-7-12(2-1-11(13)8-25)29-9-14(31-16(29)18(22,23)24)15(30)28-5-3-27(10-26)4-6-28/h1-2,7,14,16H,3-6,9H2/t14-,16+/m0/s1. The maximum absolute atomic E-state index is 13.5. The van der Waals surface area contributed by atoms with Crippen molar-refractivity contribution in [2.24, 2.45) is 0 Å². The van der Waals surface area contributed by atoms with Crippen LogP contribution in [0.25, 0.3) is 0 Å². The lowest BCUT2D eigenvalue weighted by Crippen LogP contribution is -2.50. The number of carbonyl (C=O) groups is 1. The Balaban J connectivity index is 1.87. The zero-order valence-electron chi connectivity index (χ0n) is 15.7. The highest BCUT2D eigenvalue weighted by molar-refractivity contribution is 5.82. The van der Waals surface area contributed by atoms with E-state index in [9.17, 15) is 31.1 Å². The molecule has 0 saturated carbocycles. The summed E-state index contributed by atoms with van der Waals surface area (Å²) in [5, 5.41) is 17.7. The normalized spacial score (nSPS) is 22.3. The number of halogens is 6. The molecule has 2 saturated heterocycles. The Morgan fingerprint density at radius 1 is 1.06 bits per heavy atom. The molecule has 3 rings (SSSR count). The minimum Gasteiger partial charge on any atom is -0.337 e. The van der Waals surface area contributed by atoms with Crippen LogP contribution < -0.4 is 4.90 Å². The molecule has 1 aromatic carbocycles. The molecular weight excluding hydrogens is 432 g/mol. The van der Waals surface area contributed by atoms with Crippen molar-refractivity contribution in [3.63, 3.8) is 0 Å². The molecule has 1 aromatic rings. The molecule has 1 amide bonds. The number of hydrogen-bond donors (Lipinski definition) is 0. The maximum Gasteiger partial charge on any atom is 0.433 e. The quantitative estimate of drug-likeness (QED) is 0.511. The van der Waals surface area contributed by atoms with Gasteiger partial charge in [-0.25, -0.2) is 0 Å². The molecule has 0 N–H and O–H groups in total. The summed E-state index contributed by atoms with van der Waals surface area (Å²) in [4.78, 5) is 15.8. The van der Waals surface area contributed by atoms with Crippen molar-refractivity contribution in [2.45, 2.75) is 24.7 Å². The molecule has 0 unspecified atom stereocenters. The first-order chi connectivity index (χ1) is 14.5. The maximum atomic E-state index is 13.5. The molecule has 0 radical (unpaired) electrons. The average Bonchev–Trinajstić information content (AvgIpc) is 3.18. The number of rotatable bonds is 2. The minimum atomic E-state index is -4.99. The van der Waals surface area contributed by atoms with Crippen LogP contribution in [0, 0.1) is 22.8 Å². The topological polar surface area (TPSA) is 83.6 Å². The third kappa shape index (κ3) is 4.61. The first-order valence-electron chi connectivity index (χ1n) is 8.99. The van der Waals surface area contributed by atoms with E-state index in [-0.39, 0.29) is 26.2 Å². The molecule has 0 aliphatic carbocycles. The number of piperazine rings is 1. The van der Waals surface area contributed by atoms with E-state index in [0.717, 1.165) is 12.1 Å². The van der Waals surface area contributed by atoms with Crippen LogP contribution in [0.4, 0.5) is 32.0 Å². The van der Waals surface area contributed by atoms with Crippen molar-refractivity contribution in [1.29, 1.82) is 10.5 Å². The van der Waals surface area contributed by atoms with Crippen molar-refractivity contribution < 1.29 is 35.9 Å². The van der Waals surface area contributed by atoms with Crippen LogP contribution in [0.5, 0.6) is 0 Å². The number of ether oxygens (including phenoxy) is 1. The summed E-state index contributed by atoms with van der Waals surface area (Å²) in [6.07, 6.45) is -12.2. The predicted molar refractivity (Wildman–Crippen MR) is 92.0 cm³/mol. The van der Waals surface area contributed by atoms with E-state index < -0.39 is 54.0 Å². The predicted octanol–water partition coefficient (Wildman–Crippen LogP) is 2.30. The Bertz CT molecular complexity index is 927. The van der Waals surface area contributed by atoms with Crippen LogP contribution >= 0.6 is 0 Å². The molecule has 31 heavy (non-hydrogen) atoms. The summed E-state index contributed by atoms with van der Waals surface area (Å²) < 4.78 is 85.3. The second-order valence-corrected chi connectivity index (χ2v) is 6.92. The van der Waals surface area contributed by atoms with Crippen molar-refractivity contribution >= 4 is 11.6 Å². The van der Waals surface area contributed by atoms with Crippen LogP contribution in [-0.4, -0.2) is 66.9 Å². The Labute approximate surface area is 172 Å². The Hall–Kier alpha value is -3.19. The second kappa shape index (κ2) is 8.15. The summed E-state index contributed by atoms with van der Waals surface area (Å²) in [7, 11) is 0. The van der Waals surface area contributed by atoms with Crippen molar-refractivity contribution in [2.75, 3.05) is 37.6 Å². The lowest BCUT2D eigenvalue weighted by Gasteiger charge is -2.32. The highest BCUT2D eigenvalue weighted by Gasteiger charge is 2.53. The molecule has 2 fully saturated rings. The Morgan fingerprint density at radius 3 is 2.23 bits per heavy atom. The van der Waals surface area contributed by atoms with E-state index in [4.69, 9.17) is 15.3 Å². The fourth-order valence-electron chi connectivity index (χ4n) is 3.45. The molecule has 13 heteroatoms. The van der Waals surface area contributed by atoms with E-state index in [1.165, 1.54) is 15.9 Å². The number of hydrogen-bond acceptors (Lipinski definition) is 6. The minimum absolute atomic E-state index is 0.109. The fourth-order valence-corrected chi connectivity index (χ4v) is 3.45. The first-order valence-corrected chi connectivity index (χ1v) is 8.99. The highest BCUT2D eigenvalue weighted by atomic mass is 19.4. The van der Waals surface area contributed by atoms with E-state index in [1.807, 2.05) is 6.19 Å². The van der Waals surface area contributed by atoms with Gasteiger partial charge >= 0.3 is 12.4 Å². The number of carbonyl (C=O) groups excluding carboxylic acids is 1. The molecule has 2 heterocycles. The van der Waals surface area contributed by atoms with Gasteiger partial charge < -0.3 is 19.4 Å². The van der Waals surface area contributed by atoms with Gasteiger partial charge in [-0.15, -0.1) is 0 Å². The van der Waals surface area contributed by atoms with Gasteiger partial charge in [0.15, 0.2) is 12.3 Å². The number of alkyl halides is 6. The molecule has 2 atom stereocenters. The number of amides is 1. The zero-order valence-corrected chi connectivity index (χ0v) is 15.7. The van der Waals surface area contributed by atoms with Gasteiger partial charge in [0, 0.05) is 31.9 Å². The third-order valence-corrected chi connectivity index (χ3v) is 4.99. The van der Waals surface area contributed by atoms with E-state index in [2.05, 4.69) is 0 Å². The highest BCUT2D eigenvalue weighted by Crippen LogP contribution is 2.39. The zero-order chi connectivity index (χ0) is 23.0. The van der Waals surface area contributed by atoms with Gasteiger partial charge in [-0.3, -0.25) is 4.79 Å². The van der Waals surface area contributed by atoms with Crippen LogP contribution in [0.1, 0.15) is 11.1 Å². The van der Waals surface area contributed by atoms with E-state index >= 15 is 0 Å². The molecule has 0 bridgehead atoms. The number of benzene rings is 1. The molecule has 166 valence electrons. The molecule has 2 aliphatic heterocycles. The molecular formula is C18H15F6N5O2. The molecule has 2 aliphatic rings. The van der Waals surface area contributed by atoms with Gasteiger partial charge in [0.25, 0.3) is 5.91 Å². The smallest absolute Gasteiger partial charge is 0.337 e. The lowest BCUT2D eigenvalue weighted by molar-refractivity contribution is -0.215. The Morgan fingerprint density at radius 2 is 1.71 bits per heavy atom. The van der Waals surface area contributed by atoms with E-state index in [1.54, 1.807) is 0 Å². The van der Waals surface area contributed by atoms with Crippen molar-refractivity contribution in [3.8, 4) is 12.3 Å². The van der Waals surface area contributed by atoms with Crippen molar-refractivity contribution in [3.05, 3.63) is 29.3 Å². The van der Waals surface area contributed by atoms with Gasteiger partial charge in [-0.1, -0.05) is 0 Å². The van der Waals surface area contributed by atoms with Gasteiger partial charge in [0.05, 0.1) is 23.7 Å². The lowest BCUT2D eigenvalue weighted by atomic mass is 10.1. The van der Waals surface area contributed by atoms with Gasteiger partial charge in [-0.05, 0) is 18.2 Å². The monoisotopic (exact) mass is 447 g/mol. The average molecular weight is 447 g/mol. The summed E-state index contributed by atoms with van der Waals surface area (Å²) >= 11 is 0. The number of nitrogens with zero attached hydrogens (tertiary/aromatic N) is 5. The second-order valence-electron chi connectivity index (χ2n) is 6.92. The van der Waals surface area contributed by atoms with E-state index in [0.29, 0.717) is 11.0 Å². The summed E-state index contributed by atoms with van der Waals surface area (Å²) in [6.45, 7) is 0.0264. The molecule has 7 nitrogen and oxygen atoms in total. The van der Waals surface area contributed by atoms with Gasteiger partial charge in [0.1, 0.15) is 0 Å². The van der Waals surface area contributed by atoms with Crippen molar-refractivity contribution in [1.82, 2.24) is 9.80 Å². The number of nitriles is 2. The first kappa shape index (κ1) is 22.5. The van der Waals surface area contributed by atoms with Crippen LogP contribution in [0.3, 0.4) is 0 Å². The Kier molecular flexibility index (Phi) is 5.91. The van der Waals surface area contributed by atoms with Crippen LogP contribution in [0.15, 0.2) is 18.2 Å². The van der Waals surface area contributed by atoms with Gasteiger partial charge in [0.2, 0.25) is 6.23 Å². The van der Waals surface area contributed by atoms with Gasteiger partial charge in [-0.2, -0.15) is 36.9 Å². The SMILES string of the molecule is N#Cc1ccc(N2C[C@@H](C(=O)N3CCN(C#N)CC3)O[C@@H]2C(F)(F)F)cc1C(F)(F)F. The summed E-state index contributed by atoms with van der Waals surface area (Å²) in [6, 6.07) is 3.54. The number of anilines is 1. The molecule has 0 spiro atoms. The van der Waals surface area contributed by atoms with Crippen LogP contribution in [-0.2, 0) is 15.7 Å². The van der Waals surface area contributed by atoms with Crippen LogP contribution in [0.2, 0.25) is 0 Å². The molecule has 0 aromatic heterocycles. The third-order valence-electron chi connectivity index (χ3n) is 4.99. The summed E-state index contributed by atoms with van der Waals surface area (Å²) in [5.74, 6) is -0.737. The summed E-state index contributed by atoms with van der Waals surface area (Å²) in [5.41, 5.74) is -2.59. The largest absolute Gasteiger partial charge is 0.433 e. The fraction of sp³-hybridized carbons (Fsp3) is 0.500.